The van der Waals surface area contributed by atoms with E-state index in [0.29, 0.717) is 12.1 Å². The molecule has 6 heteroatoms. The van der Waals surface area contributed by atoms with Crippen LogP contribution in [-0.4, -0.2) is 18.3 Å². The van der Waals surface area contributed by atoms with Crippen LogP contribution in [0, 0.1) is 0 Å². The molecule has 120 valence electrons. The standard InChI is InChI=1S/C16H19F2NO2S/c1-2-13(15-7-4-8-22-15)19-10-14(20)11-5-3-6-12(9-11)21-16(17)18/h3-9,13-14,16,19-20H,2,10H2,1H3. The lowest BCUT2D eigenvalue weighted by atomic mass is 10.1. The lowest BCUT2D eigenvalue weighted by molar-refractivity contribution is -0.0499. The van der Waals surface area contributed by atoms with Gasteiger partial charge in [0.25, 0.3) is 0 Å². The van der Waals surface area contributed by atoms with Gasteiger partial charge in [-0.05, 0) is 35.6 Å². The largest absolute Gasteiger partial charge is 0.435 e. The molecule has 0 aliphatic rings. The third kappa shape index (κ3) is 4.76. The Balaban J connectivity index is 1.95. The normalized spacial score (nSPS) is 14.0. The number of alkyl halides is 2. The number of hydrogen-bond acceptors (Lipinski definition) is 4. The lowest BCUT2D eigenvalue weighted by Crippen LogP contribution is -2.25. The molecule has 0 spiro atoms. The summed E-state index contributed by atoms with van der Waals surface area (Å²) in [6.07, 6.45) is 0.122. The summed E-state index contributed by atoms with van der Waals surface area (Å²) in [5.74, 6) is 0.0526. The second-order valence-corrected chi connectivity index (χ2v) is 5.83. The molecule has 0 aliphatic heterocycles. The van der Waals surface area contributed by atoms with Crippen LogP contribution in [0.5, 0.6) is 5.75 Å². The summed E-state index contributed by atoms with van der Waals surface area (Å²) in [6, 6.07) is 10.4. The molecule has 1 aromatic heterocycles. The molecule has 1 aromatic carbocycles. The van der Waals surface area contributed by atoms with Gasteiger partial charge in [-0.3, -0.25) is 0 Å². The molecule has 2 aromatic rings. The average molecular weight is 327 g/mol. The van der Waals surface area contributed by atoms with Gasteiger partial charge in [-0.25, -0.2) is 0 Å². The molecule has 2 N–H and O–H groups in total. The van der Waals surface area contributed by atoms with Gasteiger partial charge >= 0.3 is 6.61 Å². The minimum atomic E-state index is -2.87. The number of aliphatic hydroxyl groups is 1. The first kappa shape index (κ1) is 16.9. The van der Waals surface area contributed by atoms with Gasteiger partial charge < -0.3 is 15.2 Å². The number of rotatable bonds is 8. The van der Waals surface area contributed by atoms with Crippen LogP contribution in [0.1, 0.15) is 35.9 Å². The predicted octanol–water partition coefficient (Wildman–Crippen LogP) is 4.12. The summed E-state index contributed by atoms with van der Waals surface area (Å²) in [7, 11) is 0. The topological polar surface area (TPSA) is 41.5 Å². The first-order valence-corrected chi connectivity index (χ1v) is 7.97. The molecule has 0 saturated carbocycles. The number of thiophene rings is 1. The van der Waals surface area contributed by atoms with Gasteiger partial charge in [0.2, 0.25) is 0 Å². The van der Waals surface area contributed by atoms with Crippen LogP contribution in [0.25, 0.3) is 0 Å². The lowest BCUT2D eigenvalue weighted by Gasteiger charge is -2.19. The van der Waals surface area contributed by atoms with Crippen LogP contribution < -0.4 is 10.1 Å². The fourth-order valence-electron chi connectivity index (χ4n) is 2.21. The Labute approximate surface area is 132 Å². The van der Waals surface area contributed by atoms with Gasteiger partial charge in [-0.2, -0.15) is 8.78 Å². The predicted molar refractivity (Wildman–Crippen MR) is 83.4 cm³/mol. The van der Waals surface area contributed by atoms with Gasteiger partial charge in [0.05, 0.1) is 6.10 Å². The number of hydrogen-bond donors (Lipinski definition) is 2. The summed E-state index contributed by atoms with van der Waals surface area (Å²) >= 11 is 1.66. The Kier molecular flexibility index (Phi) is 6.30. The number of nitrogens with one attached hydrogen (secondary N) is 1. The minimum Gasteiger partial charge on any atom is -0.435 e. The molecule has 0 fully saturated rings. The highest BCUT2D eigenvalue weighted by Gasteiger charge is 2.14. The second-order valence-electron chi connectivity index (χ2n) is 4.85. The molecule has 1 heterocycles. The van der Waals surface area contributed by atoms with E-state index in [1.54, 1.807) is 23.5 Å². The summed E-state index contributed by atoms with van der Waals surface area (Å²) in [4.78, 5) is 1.21. The Hall–Kier alpha value is -1.50. The number of halogens is 2. The summed E-state index contributed by atoms with van der Waals surface area (Å²) in [5, 5.41) is 15.5. The fraction of sp³-hybridized carbons (Fsp3) is 0.375. The van der Waals surface area contributed by atoms with E-state index in [1.807, 2.05) is 11.4 Å². The first-order chi connectivity index (χ1) is 10.6. The van der Waals surface area contributed by atoms with Gasteiger partial charge in [0, 0.05) is 17.5 Å². The molecule has 2 atom stereocenters. The van der Waals surface area contributed by atoms with Crippen molar-refractivity contribution in [3.8, 4) is 5.75 Å². The van der Waals surface area contributed by atoms with E-state index in [9.17, 15) is 13.9 Å². The summed E-state index contributed by atoms with van der Waals surface area (Å²) < 4.78 is 28.8. The van der Waals surface area contributed by atoms with Crippen LogP contribution in [0.2, 0.25) is 0 Å². The Morgan fingerprint density at radius 1 is 1.27 bits per heavy atom. The molecule has 2 rings (SSSR count). The van der Waals surface area contributed by atoms with E-state index >= 15 is 0 Å². The Morgan fingerprint density at radius 2 is 2.09 bits per heavy atom. The van der Waals surface area contributed by atoms with Crippen molar-refractivity contribution in [1.82, 2.24) is 5.32 Å². The van der Waals surface area contributed by atoms with Crippen LogP contribution in [-0.2, 0) is 0 Å². The molecule has 0 aliphatic carbocycles. The molecule has 0 bridgehead atoms. The highest BCUT2D eigenvalue weighted by atomic mass is 32.1. The van der Waals surface area contributed by atoms with Crippen molar-refractivity contribution in [1.29, 1.82) is 0 Å². The van der Waals surface area contributed by atoms with Crippen molar-refractivity contribution in [2.75, 3.05) is 6.54 Å². The van der Waals surface area contributed by atoms with Gasteiger partial charge in [0.1, 0.15) is 5.75 Å². The second kappa shape index (κ2) is 8.22. The Morgan fingerprint density at radius 3 is 2.73 bits per heavy atom. The van der Waals surface area contributed by atoms with Crippen molar-refractivity contribution in [3.05, 3.63) is 52.2 Å². The van der Waals surface area contributed by atoms with Crippen LogP contribution in [0.3, 0.4) is 0 Å². The molecule has 2 unspecified atom stereocenters. The van der Waals surface area contributed by atoms with Crippen molar-refractivity contribution in [2.45, 2.75) is 32.1 Å². The maximum Gasteiger partial charge on any atom is 0.387 e. The van der Waals surface area contributed by atoms with E-state index in [2.05, 4.69) is 23.0 Å². The molecule has 0 radical (unpaired) electrons. The third-order valence-electron chi connectivity index (χ3n) is 3.32. The van der Waals surface area contributed by atoms with E-state index in [1.165, 1.54) is 17.0 Å². The molecule has 0 amide bonds. The first-order valence-electron chi connectivity index (χ1n) is 7.09. The van der Waals surface area contributed by atoms with Crippen molar-refractivity contribution < 1.29 is 18.6 Å². The fourth-order valence-corrected chi connectivity index (χ4v) is 3.09. The molecule has 3 nitrogen and oxygen atoms in total. The van der Waals surface area contributed by atoms with Gasteiger partial charge in [-0.15, -0.1) is 11.3 Å². The van der Waals surface area contributed by atoms with Crippen LogP contribution in [0.15, 0.2) is 41.8 Å². The minimum absolute atomic E-state index is 0.0526. The van der Waals surface area contributed by atoms with Gasteiger partial charge in [-0.1, -0.05) is 25.1 Å². The van der Waals surface area contributed by atoms with Crippen LogP contribution >= 0.6 is 11.3 Å². The highest BCUT2D eigenvalue weighted by Crippen LogP contribution is 2.24. The highest BCUT2D eigenvalue weighted by molar-refractivity contribution is 7.10. The quantitative estimate of drug-likeness (QED) is 0.766. The van der Waals surface area contributed by atoms with Crippen molar-refractivity contribution in [2.24, 2.45) is 0 Å². The third-order valence-corrected chi connectivity index (χ3v) is 4.31. The zero-order valence-electron chi connectivity index (χ0n) is 12.2. The van der Waals surface area contributed by atoms with E-state index < -0.39 is 12.7 Å². The maximum absolute atomic E-state index is 12.2. The summed E-state index contributed by atoms with van der Waals surface area (Å²) in [6.45, 7) is -0.455. The number of aliphatic hydroxyl groups excluding tert-OH is 1. The van der Waals surface area contributed by atoms with Crippen LogP contribution in [0.4, 0.5) is 8.78 Å². The van der Waals surface area contributed by atoms with Crippen molar-refractivity contribution in [3.63, 3.8) is 0 Å². The number of benzene rings is 1. The maximum atomic E-state index is 12.2. The zero-order valence-corrected chi connectivity index (χ0v) is 13.0. The average Bonchev–Trinajstić information content (AvgIpc) is 3.01. The molecular formula is C16H19F2NO2S. The summed E-state index contributed by atoms with van der Waals surface area (Å²) in [5.41, 5.74) is 0.548. The monoisotopic (exact) mass is 327 g/mol. The smallest absolute Gasteiger partial charge is 0.387 e. The Bertz CT molecular complexity index is 563. The van der Waals surface area contributed by atoms with Crippen molar-refractivity contribution >= 4 is 11.3 Å². The molecular weight excluding hydrogens is 308 g/mol. The van der Waals surface area contributed by atoms with Gasteiger partial charge in [0.15, 0.2) is 0 Å². The van der Waals surface area contributed by atoms with E-state index in [0.717, 1.165) is 6.42 Å². The molecule has 0 saturated heterocycles. The van der Waals surface area contributed by atoms with E-state index in [4.69, 9.17) is 0 Å². The number of ether oxygens (including phenoxy) is 1. The molecule has 22 heavy (non-hydrogen) atoms. The zero-order chi connectivity index (χ0) is 15.9. The SMILES string of the molecule is CCC(NCC(O)c1cccc(OC(F)F)c1)c1cccs1. The van der Waals surface area contributed by atoms with E-state index in [-0.39, 0.29) is 11.8 Å².